The molecular weight excluding hydrogens is 598 g/mol. The number of hydrogen-bond donors (Lipinski definition) is 7. The number of nitrogens with zero attached hydrogens (tertiary/aromatic N) is 2. The van der Waals surface area contributed by atoms with E-state index in [2.05, 4.69) is 16.0 Å². The van der Waals surface area contributed by atoms with Crippen molar-refractivity contribution in [2.24, 2.45) is 23.1 Å². The molecule has 3 rings (SSSR count). The second-order valence-electron chi connectivity index (χ2n) is 12.4. The van der Waals surface area contributed by atoms with Crippen molar-refractivity contribution in [3.8, 4) is 0 Å². The lowest BCUT2D eigenvalue weighted by atomic mass is 10.00. The largest absolute Gasteiger partial charge is 0.370 e. The number of hydrogen-bond acceptors (Lipinski definition) is 7. The van der Waals surface area contributed by atoms with Gasteiger partial charge >= 0.3 is 0 Å². The minimum Gasteiger partial charge on any atom is -0.370 e. The molecule has 0 aromatic heterocycles. The van der Waals surface area contributed by atoms with Crippen LogP contribution in [0.4, 0.5) is 0 Å². The average molecular weight is 650 g/mol. The SMILES string of the molecule is CC(C)CC(NC(=O)[C@@H](Cc1ccccc1)NC(=O)[C@H](N)Cc1ccccc1)C(=O)N[C@H](CCN)C(=O)N1CCCN(C(=N)N)CC1. The molecule has 47 heavy (non-hydrogen) atoms. The van der Waals surface area contributed by atoms with E-state index in [1.165, 1.54) is 0 Å². The Morgan fingerprint density at radius 2 is 1.26 bits per heavy atom. The maximum absolute atomic E-state index is 13.8. The second kappa shape index (κ2) is 18.6. The fourth-order valence-electron chi connectivity index (χ4n) is 5.57. The summed E-state index contributed by atoms with van der Waals surface area (Å²) in [6.07, 6.45) is 1.63. The van der Waals surface area contributed by atoms with Crippen molar-refractivity contribution >= 4 is 29.6 Å². The number of carbonyl (C=O) groups excluding carboxylic acids is 4. The molecule has 0 radical (unpaired) electrons. The maximum atomic E-state index is 13.8. The van der Waals surface area contributed by atoms with E-state index >= 15 is 0 Å². The Morgan fingerprint density at radius 3 is 1.83 bits per heavy atom. The van der Waals surface area contributed by atoms with Gasteiger partial charge in [0.05, 0.1) is 6.04 Å². The molecule has 13 heteroatoms. The van der Waals surface area contributed by atoms with E-state index < -0.39 is 41.9 Å². The summed E-state index contributed by atoms with van der Waals surface area (Å²) < 4.78 is 0. The minimum atomic E-state index is -1.00. The van der Waals surface area contributed by atoms with Crippen LogP contribution < -0.4 is 33.2 Å². The zero-order valence-corrected chi connectivity index (χ0v) is 27.5. The number of nitrogens with one attached hydrogen (secondary N) is 4. The molecule has 13 nitrogen and oxygen atoms in total. The molecular formula is C34H51N9O4. The lowest BCUT2D eigenvalue weighted by molar-refractivity contribution is -0.138. The van der Waals surface area contributed by atoms with Crippen molar-refractivity contribution in [1.29, 1.82) is 5.41 Å². The van der Waals surface area contributed by atoms with Gasteiger partial charge in [-0.1, -0.05) is 74.5 Å². The predicted octanol–water partition coefficient (Wildman–Crippen LogP) is 0.0762. The first-order valence-corrected chi connectivity index (χ1v) is 16.3. The first-order valence-electron chi connectivity index (χ1n) is 16.3. The van der Waals surface area contributed by atoms with Crippen molar-refractivity contribution in [2.45, 2.75) is 70.1 Å². The molecule has 0 bridgehead atoms. The van der Waals surface area contributed by atoms with Crippen LogP contribution in [0.3, 0.4) is 0 Å². The molecule has 10 N–H and O–H groups in total. The van der Waals surface area contributed by atoms with Crippen LogP contribution in [0.25, 0.3) is 0 Å². The quantitative estimate of drug-likeness (QED) is 0.103. The van der Waals surface area contributed by atoms with Crippen molar-refractivity contribution in [3.63, 3.8) is 0 Å². The zero-order chi connectivity index (χ0) is 34.3. The molecule has 1 saturated heterocycles. The lowest BCUT2D eigenvalue weighted by Crippen LogP contribution is -2.59. The molecule has 4 atom stereocenters. The van der Waals surface area contributed by atoms with Gasteiger partial charge in [-0.2, -0.15) is 0 Å². The van der Waals surface area contributed by atoms with Crippen LogP contribution >= 0.6 is 0 Å². The number of rotatable bonds is 15. The number of benzene rings is 2. The highest BCUT2D eigenvalue weighted by atomic mass is 16.2. The van der Waals surface area contributed by atoms with Crippen LogP contribution in [0.2, 0.25) is 0 Å². The van der Waals surface area contributed by atoms with Gasteiger partial charge in [0.15, 0.2) is 5.96 Å². The van der Waals surface area contributed by atoms with E-state index in [4.69, 9.17) is 22.6 Å². The van der Waals surface area contributed by atoms with Gasteiger partial charge < -0.3 is 43.0 Å². The average Bonchev–Trinajstić information content (AvgIpc) is 3.31. The van der Waals surface area contributed by atoms with Crippen molar-refractivity contribution < 1.29 is 19.2 Å². The van der Waals surface area contributed by atoms with Crippen LogP contribution in [0.1, 0.15) is 44.2 Å². The third kappa shape index (κ3) is 12.0. The Bertz CT molecular complexity index is 1330. The molecule has 4 amide bonds. The maximum Gasteiger partial charge on any atom is 0.245 e. The number of carbonyl (C=O) groups is 4. The van der Waals surface area contributed by atoms with Gasteiger partial charge in [0.1, 0.15) is 18.1 Å². The second-order valence-corrected chi connectivity index (χ2v) is 12.4. The molecule has 0 saturated carbocycles. The van der Waals surface area contributed by atoms with E-state index in [0.717, 1.165) is 11.1 Å². The van der Waals surface area contributed by atoms with Crippen LogP contribution in [0.5, 0.6) is 0 Å². The van der Waals surface area contributed by atoms with Gasteiger partial charge in [0.2, 0.25) is 23.6 Å². The van der Waals surface area contributed by atoms with Gasteiger partial charge in [0.25, 0.3) is 0 Å². The molecule has 1 unspecified atom stereocenters. The van der Waals surface area contributed by atoms with E-state index in [9.17, 15) is 19.2 Å². The Labute approximate surface area is 277 Å². The summed E-state index contributed by atoms with van der Waals surface area (Å²) in [5.41, 5.74) is 19.4. The van der Waals surface area contributed by atoms with Gasteiger partial charge in [-0.3, -0.25) is 24.6 Å². The Kier molecular flexibility index (Phi) is 14.6. The van der Waals surface area contributed by atoms with Crippen molar-refractivity contribution in [1.82, 2.24) is 25.8 Å². The topological polar surface area (TPSA) is 213 Å². The molecule has 1 aliphatic heterocycles. The highest BCUT2D eigenvalue weighted by Crippen LogP contribution is 2.11. The molecule has 256 valence electrons. The third-order valence-electron chi connectivity index (χ3n) is 8.11. The summed E-state index contributed by atoms with van der Waals surface area (Å²) in [4.78, 5) is 57.6. The van der Waals surface area contributed by atoms with Crippen LogP contribution in [-0.4, -0.2) is 96.3 Å². The molecule has 2 aromatic carbocycles. The smallest absolute Gasteiger partial charge is 0.245 e. The highest BCUT2D eigenvalue weighted by molar-refractivity contribution is 5.95. The Balaban J connectivity index is 1.74. The molecule has 0 aliphatic carbocycles. The molecule has 0 spiro atoms. The standard InChI is InChI=1S/C34H51N9O4/c1-23(2)20-28(31(45)39-27(14-15-35)33(47)42-16-9-17-43(19-18-42)34(37)38)41-32(46)29(22-25-12-7-4-8-13-25)40-30(44)26(36)21-24-10-5-3-6-11-24/h3-8,10-13,23,26-29H,9,14-22,35-36H2,1-2H3,(H3,37,38)(H,39,45)(H,40,44)(H,41,46)/t26-,27-,28?,29-/m1/s1. The van der Waals surface area contributed by atoms with E-state index in [1.54, 1.807) is 9.80 Å². The number of guanidine groups is 1. The molecule has 1 fully saturated rings. The first-order chi connectivity index (χ1) is 22.5. The predicted molar refractivity (Wildman–Crippen MR) is 182 cm³/mol. The van der Waals surface area contributed by atoms with E-state index in [-0.39, 0.29) is 37.2 Å². The normalized spacial score (nSPS) is 15.9. The van der Waals surface area contributed by atoms with Gasteiger partial charge in [-0.05, 0) is 49.3 Å². The molecule has 1 heterocycles. The Morgan fingerprint density at radius 1 is 0.745 bits per heavy atom. The fourth-order valence-corrected chi connectivity index (χ4v) is 5.57. The van der Waals surface area contributed by atoms with Crippen LogP contribution in [-0.2, 0) is 32.0 Å². The molecule has 2 aromatic rings. The summed E-state index contributed by atoms with van der Waals surface area (Å²) in [6, 6.07) is 14.9. The minimum absolute atomic E-state index is 0.0272. The summed E-state index contributed by atoms with van der Waals surface area (Å²) in [5.74, 6) is -1.81. The van der Waals surface area contributed by atoms with E-state index in [0.29, 0.717) is 45.4 Å². The van der Waals surface area contributed by atoms with Crippen molar-refractivity contribution in [2.75, 3.05) is 32.7 Å². The van der Waals surface area contributed by atoms with E-state index in [1.807, 2.05) is 74.5 Å². The van der Waals surface area contributed by atoms with Crippen molar-refractivity contribution in [3.05, 3.63) is 71.8 Å². The zero-order valence-electron chi connectivity index (χ0n) is 27.5. The lowest BCUT2D eigenvalue weighted by Gasteiger charge is -2.29. The van der Waals surface area contributed by atoms with Gasteiger partial charge in [0, 0.05) is 32.6 Å². The summed E-state index contributed by atoms with van der Waals surface area (Å²) in [6.45, 7) is 5.82. The Hall–Kier alpha value is -4.49. The summed E-state index contributed by atoms with van der Waals surface area (Å²) >= 11 is 0. The van der Waals surface area contributed by atoms with Gasteiger partial charge in [-0.25, -0.2) is 0 Å². The molecule has 1 aliphatic rings. The fraction of sp³-hybridized carbons (Fsp3) is 0.500. The van der Waals surface area contributed by atoms with Crippen LogP contribution in [0.15, 0.2) is 60.7 Å². The third-order valence-corrected chi connectivity index (χ3v) is 8.11. The number of nitrogens with two attached hydrogens (primary N) is 3. The van der Waals surface area contributed by atoms with Crippen LogP contribution in [0, 0.1) is 11.3 Å². The summed E-state index contributed by atoms with van der Waals surface area (Å²) in [5, 5.41) is 16.2. The summed E-state index contributed by atoms with van der Waals surface area (Å²) in [7, 11) is 0. The highest BCUT2D eigenvalue weighted by Gasteiger charge is 2.32. The monoisotopic (exact) mass is 649 g/mol. The van der Waals surface area contributed by atoms with Gasteiger partial charge in [-0.15, -0.1) is 0 Å². The first kappa shape index (κ1) is 37.0. The number of amides is 4.